The molecule has 1 aromatic rings. The molecule has 0 aromatic heterocycles. The highest BCUT2D eigenvalue weighted by atomic mass is 19.1. The van der Waals surface area contributed by atoms with Crippen molar-refractivity contribution in [1.29, 1.82) is 0 Å². The summed E-state index contributed by atoms with van der Waals surface area (Å²) in [5.41, 5.74) is 0.506. The molecule has 0 unspecified atom stereocenters. The average Bonchev–Trinajstić information content (AvgIpc) is 3.21. The van der Waals surface area contributed by atoms with Crippen LogP contribution in [0.15, 0.2) is 24.3 Å². The fourth-order valence-corrected chi connectivity index (χ4v) is 2.15. The smallest absolute Gasteiger partial charge is 0.303 e. The molecule has 4 nitrogen and oxygen atoms in total. The number of carbonyl (C=O) groups is 2. The first-order valence-corrected chi connectivity index (χ1v) is 6.82. The Balaban J connectivity index is 1.95. The van der Waals surface area contributed by atoms with Crippen LogP contribution in [0.25, 0.3) is 0 Å². The Kier molecular flexibility index (Phi) is 4.71. The quantitative estimate of drug-likeness (QED) is 0.834. The van der Waals surface area contributed by atoms with Gasteiger partial charge in [0, 0.05) is 31.0 Å². The molecule has 1 amide bonds. The lowest BCUT2D eigenvalue weighted by Gasteiger charge is -2.22. The zero-order chi connectivity index (χ0) is 14.5. The van der Waals surface area contributed by atoms with E-state index in [2.05, 4.69) is 0 Å². The van der Waals surface area contributed by atoms with Gasteiger partial charge in [0.15, 0.2) is 0 Å². The molecule has 0 bridgehead atoms. The van der Waals surface area contributed by atoms with Gasteiger partial charge >= 0.3 is 5.97 Å². The lowest BCUT2D eigenvalue weighted by molar-refractivity contribution is -0.137. The second kappa shape index (κ2) is 6.50. The highest BCUT2D eigenvalue weighted by Gasteiger charge is 2.32. The molecule has 5 heteroatoms. The number of carbonyl (C=O) groups excluding carboxylic acids is 1. The molecule has 0 heterocycles. The highest BCUT2D eigenvalue weighted by molar-refractivity contribution is 5.77. The third-order valence-corrected chi connectivity index (χ3v) is 3.39. The van der Waals surface area contributed by atoms with E-state index in [1.54, 1.807) is 23.1 Å². The van der Waals surface area contributed by atoms with Gasteiger partial charge < -0.3 is 10.0 Å². The van der Waals surface area contributed by atoms with Gasteiger partial charge in [-0.25, -0.2) is 4.39 Å². The van der Waals surface area contributed by atoms with E-state index in [9.17, 15) is 14.0 Å². The number of rotatable bonds is 7. The number of halogens is 1. The number of benzene rings is 1. The van der Waals surface area contributed by atoms with Crippen LogP contribution < -0.4 is 0 Å². The number of nitrogens with zero attached hydrogens (tertiary/aromatic N) is 1. The minimum absolute atomic E-state index is 0.00998. The van der Waals surface area contributed by atoms with Crippen LogP contribution in [0, 0.1) is 5.82 Å². The van der Waals surface area contributed by atoms with Crippen molar-refractivity contribution in [2.45, 2.75) is 44.7 Å². The van der Waals surface area contributed by atoms with Crippen molar-refractivity contribution in [3.05, 3.63) is 35.6 Å². The maximum absolute atomic E-state index is 13.6. The van der Waals surface area contributed by atoms with Crippen LogP contribution in [0.1, 0.15) is 37.7 Å². The van der Waals surface area contributed by atoms with Gasteiger partial charge in [-0.15, -0.1) is 0 Å². The predicted octanol–water partition coefficient (Wildman–Crippen LogP) is 2.57. The summed E-state index contributed by atoms with van der Waals surface area (Å²) in [6.45, 7) is 0.267. The lowest BCUT2D eigenvalue weighted by atomic mass is 10.1. The molecule has 0 aliphatic heterocycles. The van der Waals surface area contributed by atoms with E-state index in [1.165, 1.54) is 6.07 Å². The molecule has 0 spiro atoms. The maximum Gasteiger partial charge on any atom is 0.303 e. The van der Waals surface area contributed by atoms with Gasteiger partial charge in [0.25, 0.3) is 0 Å². The van der Waals surface area contributed by atoms with Gasteiger partial charge in [-0.3, -0.25) is 9.59 Å². The van der Waals surface area contributed by atoms with Gasteiger partial charge in [0.1, 0.15) is 5.82 Å². The van der Waals surface area contributed by atoms with Gasteiger partial charge in [-0.2, -0.15) is 0 Å². The topological polar surface area (TPSA) is 57.6 Å². The van der Waals surface area contributed by atoms with Crippen LogP contribution in [0.2, 0.25) is 0 Å². The van der Waals surface area contributed by atoms with E-state index >= 15 is 0 Å². The Morgan fingerprint density at radius 3 is 2.55 bits per heavy atom. The Morgan fingerprint density at radius 1 is 1.25 bits per heavy atom. The lowest BCUT2D eigenvalue weighted by Crippen LogP contribution is -2.32. The largest absolute Gasteiger partial charge is 0.481 e. The molecule has 2 rings (SSSR count). The molecule has 1 aromatic carbocycles. The second-order valence-electron chi connectivity index (χ2n) is 5.09. The van der Waals surface area contributed by atoms with Crippen LogP contribution in [0.4, 0.5) is 4.39 Å². The Morgan fingerprint density at radius 2 is 1.95 bits per heavy atom. The van der Waals surface area contributed by atoms with Crippen molar-refractivity contribution in [3.8, 4) is 0 Å². The van der Waals surface area contributed by atoms with Crippen LogP contribution in [0.3, 0.4) is 0 Å². The van der Waals surface area contributed by atoms with Crippen LogP contribution in [-0.2, 0) is 16.1 Å². The third-order valence-electron chi connectivity index (χ3n) is 3.39. The molecule has 1 aliphatic carbocycles. The van der Waals surface area contributed by atoms with Crippen molar-refractivity contribution in [1.82, 2.24) is 4.90 Å². The van der Waals surface area contributed by atoms with Gasteiger partial charge in [0.05, 0.1) is 0 Å². The van der Waals surface area contributed by atoms with Gasteiger partial charge in [-0.05, 0) is 25.3 Å². The van der Waals surface area contributed by atoms with E-state index in [1.807, 2.05) is 0 Å². The van der Waals surface area contributed by atoms with E-state index in [0.29, 0.717) is 12.0 Å². The number of hydrogen-bond acceptors (Lipinski definition) is 2. The molecule has 0 saturated heterocycles. The van der Waals surface area contributed by atoms with E-state index < -0.39 is 5.97 Å². The van der Waals surface area contributed by atoms with Gasteiger partial charge in [0.2, 0.25) is 5.91 Å². The first kappa shape index (κ1) is 14.5. The summed E-state index contributed by atoms with van der Waals surface area (Å²) < 4.78 is 13.6. The minimum atomic E-state index is -0.898. The Hall–Kier alpha value is -1.91. The first-order valence-electron chi connectivity index (χ1n) is 6.82. The minimum Gasteiger partial charge on any atom is -0.481 e. The van der Waals surface area contributed by atoms with Crippen molar-refractivity contribution >= 4 is 11.9 Å². The molecule has 1 saturated carbocycles. The van der Waals surface area contributed by atoms with Crippen molar-refractivity contribution in [3.63, 3.8) is 0 Å². The number of carboxylic acids is 1. The summed E-state index contributed by atoms with van der Waals surface area (Å²) in [6.07, 6.45) is 2.41. The summed E-state index contributed by atoms with van der Waals surface area (Å²) in [5.74, 6) is -1.29. The third kappa shape index (κ3) is 4.05. The molecular weight excluding hydrogens is 261 g/mol. The summed E-state index contributed by atoms with van der Waals surface area (Å²) in [4.78, 5) is 24.3. The number of hydrogen-bond donors (Lipinski definition) is 1. The van der Waals surface area contributed by atoms with Gasteiger partial charge in [-0.1, -0.05) is 18.2 Å². The Labute approximate surface area is 117 Å². The number of amides is 1. The van der Waals surface area contributed by atoms with Crippen molar-refractivity contribution in [2.24, 2.45) is 0 Å². The molecule has 20 heavy (non-hydrogen) atoms. The highest BCUT2D eigenvalue weighted by Crippen LogP contribution is 2.29. The summed E-state index contributed by atoms with van der Waals surface area (Å²) >= 11 is 0. The van der Waals surface area contributed by atoms with Crippen molar-refractivity contribution < 1.29 is 19.1 Å². The summed E-state index contributed by atoms with van der Waals surface area (Å²) in [5, 5.41) is 8.58. The first-order chi connectivity index (χ1) is 9.58. The zero-order valence-corrected chi connectivity index (χ0v) is 11.2. The summed E-state index contributed by atoms with van der Waals surface area (Å²) in [6, 6.07) is 6.62. The molecule has 0 radical (unpaired) electrons. The maximum atomic E-state index is 13.6. The van der Waals surface area contributed by atoms with E-state index in [0.717, 1.165) is 12.8 Å². The standard InChI is InChI=1S/C15H18FNO3/c16-13-5-2-1-4-11(13)10-17(12-8-9-12)14(18)6-3-7-15(19)20/h1-2,4-5,12H,3,6-10H2,(H,19,20). The number of aliphatic carboxylic acids is 1. The van der Waals surface area contributed by atoms with Crippen LogP contribution in [0.5, 0.6) is 0 Å². The predicted molar refractivity (Wildman–Crippen MR) is 71.5 cm³/mol. The molecule has 108 valence electrons. The summed E-state index contributed by atoms with van der Waals surface area (Å²) in [7, 11) is 0. The monoisotopic (exact) mass is 279 g/mol. The molecule has 0 atom stereocenters. The molecule has 1 aliphatic rings. The molecular formula is C15H18FNO3. The average molecular weight is 279 g/mol. The normalized spacial score (nSPS) is 14.1. The van der Waals surface area contributed by atoms with Crippen LogP contribution >= 0.6 is 0 Å². The fourth-order valence-electron chi connectivity index (χ4n) is 2.15. The second-order valence-corrected chi connectivity index (χ2v) is 5.09. The Bertz CT molecular complexity index is 500. The number of carboxylic acid groups (broad SMARTS) is 1. The van der Waals surface area contributed by atoms with Crippen LogP contribution in [-0.4, -0.2) is 27.9 Å². The SMILES string of the molecule is O=C(O)CCCC(=O)N(Cc1ccccc1F)C1CC1. The van der Waals surface area contributed by atoms with Crippen molar-refractivity contribution in [2.75, 3.05) is 0 Å². The van der Waals surface area contributed by atoms with E-state index in [-0.39, 0.29) is 37.2 Å². The zero-order valence-electron chi connectivity index (χ0n) is 11.2. The van der Waals surface area contributed by atoms with E-state index in [4.69, 9.17) is 5.11 Å². The molecule has 1 fully saturated rings. The fraction of sp³-hybridized carbons (Fsp3) is 0.467. The molecule has 1 N–H and O–H groups in total.